The zero-order valence-corrected chi connectivity index (χ0v) is 4.01. The first kappa shape index (κ1) is 16.1. The number of aliphatic hydroxyl groups excluding tert-OH is 2. The van der Waals surface area contributed by atoms with Gasteiger partial charge in [0.25, 0.3) is 0 Å². The van der Waals surface area contributed by atoms with Gasteiger partial charge in [0.2, 0.25) is 0 Å². The van der Waals surface area contributed by atoms with Crippen molar-refractivity contribution in [3.05, 3.63) is 0 Å². The standard InChI is InChI=1S/2CHO2.Ni/c2*2-1-3;/h2*(H,2,3);/q2*-1;+2. The van der Waals surface area contributed by atoms with Gasteiger partial charge in [-0.2, -0.15) is 0 Å². The van der Waals surface area contributed by atoms with Crippen LogP contribution < -0.4 is 0 Å². The van der Waals surface area contributed by atoms with Gasteiger partial charge in [0, 0.05) is 0 Å². The summed E-state index contributed by atoms with van der Waals surface area (Å²) in [4.78, 5) is 16.5. The molecular formula is C2H2NiO4. The zero-order valence-electron chi connectivity index (χ0n) is 3.03. The van der Waals surface area contributed by atoms with Gasteiger partial charge >= 0.3 is 16.5 Å². The molecule has 0 aliphatic carbocycles. The zero-order chi connectivity index (χ0) is 5.41. The van der Waals surface area contributed by atoms with Crippen LogP contribution in [0, 0.1) is 0 Å². The van der Waals surface area contributed by atoms with Crippen molar-refractivity contribution in [2.45, 2.75) is 0 Å². The monoisotopic (exact) mass is 148 g/mol. The second kappa shape index (κ2) is 52.0. The molecule has 0 unspecified atom stereocenters. The van der Waals surface area contributed by atoms with Crippen molar-refractivity contribution < 1.29 is 36.3 Å². The summed E-state index contributed by atoms with van der Waals surface area (Å²) in [5.74, 6) is 0. The van der Waals surface area contributed by atoms with Crippen LogP contribution in [0.15, 0.2) is 0 Å². The Bertz CT molecular complexity index is 30.7. The van der Waals surface area contributed by atoms with Crippen molar-refractivity contribution in [2.75, 3.05) is 0 Å². The summed E-state index contributed by atoms with van der Waals surface area (Å²) >= 11 is 0. The van der Waals surface area contributed by atoms with Crippen molar-refractivity contribution in [1.82, 2.24) is 0 Å². The molecule has 0 aliphatic rings. The van der Waals surface area contributed by atoms with Crippen LogP contribution in [-0.2, 0) is 26.1 Å². The Kier molecular flexibility index (Phi) is 120. The van der Waals surface area contributed by atoms with Gasteiger partial charge in [0.1, 0.15) is 0 Å². The third-order valence-electron chi connectivity index (χ3n) is 0. The SMILES string of the molecule is O=[C-]O.O=[C-]O.[Ni+2]. The Morgan fingerprint density at radius 3 is 1.00 bits per heavy atom. The molecule has 0 rings (SSSR count). The van der Waals surface area contributed by atoms with Crippen molar-refractivity contribution >= 4 is 12.9 Å². The average molecular weight is 149 g/mol. The van der Waals surface area contributed by atoms with Crippen LogP contribution in [0.3, 0.4) is 0 Å². The molecule has 0 amide bonds. The second-order valence-electron chi connectivity index (χ2n) is 0.183. The van der Waals surface area contributed by atoms with E-state index >= 15 is 0 Å². The minimum atomic E-state index is 0. The van der Waals surface area contributed by atoms with Gasteiger partial charge < -0.3 is 19.8 Å². The summed E-state index contributed by atoms with van der Waals surface area (Å²) in [6.07, 6.45) is 0. The predicted octanol–water partition coefficient (Wildman–Crippen LogP) is -0.779. The molecule has 0 saturated heterocycles. The predicted molar refractivity (Wildman–Crippen MR) is 16.6 cm³/mol. The maximum Gasteiger partial charge on any atom is 2.00 e. The molecule has 0 atom stereocenters. The molecule has 0 fully saturated rings. The second-order valence-corrected chi connectivity index (χ2v) is 0.183. The van der Waals surface area contributed by atoms with E-state index in [4.69, 9.17) is 19.8 Å². The largest absolute Gasteiger partial charge is 2.00 e. The molecular weight excluding hydrogens is 147 g/mol. The third-order valence-corrected chi connectivity index (χ3v) is 0. The molecule has 0 aromatic heterocycles. The molecule has 2 N–H and O–H groups in total. The number of rotatable bonds is 0. The van der Waals surface area contributed by atoms with Gasteiger partial charge in [-0.05, 0) is 0 Å². The van der Waals surface area contributed by atoms with E-state index in [1.165, 1.54) is 0 Å². The Morgan fingerprint density at radius 1 is 1.00 bits per heavy atom. The topological polar surface area (TPSA) is 74.6 Å². The van der Waals surface area contributed by atoms with Crippen LogP contribution >= 0.6 is 0 Å². The van der Waals surface area contributed by atoms with Gasteiger partial charge in [-0.25, -0.2) is 0 Å². The maximum atomic E-state index is 8.24. The molecule has 0 aliphatic heterocycles. The van der Waals surface area contributed by atoms with Crippen molar-refractivity contribution in [1.29, 1.82) is 0 Å². The van der Waals surface area contributed by atoms with E-state index in [0.717, 1.165) is 0 Å². The molecule has 0 spiro atoms. The Morgan fingerprint density at radius 2 is 1.00 bits per heavy atom. The van der Waals surface area contributed by atoms with Crippen molar-refractivity contribution in [3.8, 4) is 0 Å². The quantitative estimate of drug-likeness (QED) is 0.349. The maximum absolute atomic E-state index is 8.24. The van der Waals surface area contributed by atoms with Gasteiger partial charge in [-0.15, -0.1) is 0 Å². The smallest absolute Gasteiger partial charge is 0.665 e. The molecule has 4 nitrogen and oxygen atoms in total. The van der Waals surface area contributed by atoms with Crippen LogP contribution in [0.4, 0.5) is 0 Å². The van der Waals surface area contributed by atoms with E-state index in [1.807, 2.05) is 0 Å². The number of hydrogen-bond acceptors (Lipinski definition) is 2. The van der Waals surface area contributed by atoms with Gasteiger partial charge in [-0.3, -0.25) is 0 Å². The van der Waals surface area contributed by atoms with Gasteiger partial charge in [0.15, 0.2) is 0 Å². The van der Waals surface area contributed by atoms with E-state index in [1.54, 1.807) is 0 Å². The molecule has 7 heavy (non-hydrogen) atoms. The fourth-order valence-corrected chi connectivity index (χ4v) is 0. The fraction of sp³-hybridized carbons (Fsp3) is 0. The van der Waals surface area contributed by atoms with E-state index in [0.29, 0.717) is 12.9 Å². The van der Waals surface area contributed by atoms with E-state index in [-0.39, 0.29) is 16.5 Å². The number of hydrogen-bond donors (Lipinski definition) is 2. The van der Waals surface area contributed by atoms with E-state index in [9.17, 15) is 0 Å². The first-order valence-corrected chi connectivity index (χ1v) is 0.855. The third kappa shape index (κ3) is 200. The fourth-order valence-electron chi connectivity index (χ4n) is 0. The Hall–Kier alpha value is -0.566. The summed E-state index contributed by atoms with van der Waals surface area (Å²) in [6.45, 7) is 1.00. The van der Waals surface area contributed by atoms with Crippen molar-refractivity contribution in [2.24, 2.45) is 0 Å². The minimum Gasteiger partial charge on any atom is -0.665 e. The molecule has 0 saturated carbocycles. The van der Waals surface area contributed by atoms with Crippen LogP contribution in [0.1, 0.15) is 0 Å². The Balaban J connectivity index is -0.0000000400. The summed E-state index contributed by atoms with van der Waals surface area (Å²) in [5.41, 5.74) is 0. The molecule has 44 valence electrons. The molecule has 0 aromatic carbocycles. The first-order chi connectivity index (χ1) is 2.83. The summed E-state index contributed by atoms with van der Waals surface area (Å²) < 4.78 is 0. The van der Waals surface area contributed by atoms with Crippen LogP contribution in [0.2, 0.25) is 0 Å². The normalized spacial score (nSPS) is 3.43. The van der Waals surface area contributed by atoms with E-state index < -0.39 is 0 Å². The first-order valence-electron chi connectivity index (χ1n) is 0.855. The molecule has 0 radical (unpaired) electrons. The van der Waals surface area contributed by atoms with Crippen LogP contribution in [-0.4, -0.2) is 23.2 Å². The van der Waals surface area contributed by atoms with Crippen molar-refractivity contribution in [3.63, 3.8) is 0 Å². The van der Waals surface area contributed by atoms with Gasteiger partial charge in [0.05, 0.1) is 0 Å². The molecule has 0 aromatic rings. The minimum absolute atomic E-state index is 0. The van der Waals surface area contributed by atoms with Crippen LogP contribution in [0.25, 0.3) is 0 Å². The van der Waals surface area contributed by atoms with Gasteiger partial charge in [-0.1, -0.05) is 12.9 Å². The average Bonchev–Trinajstić information content (AvgIpc) is 1.39. The molecule has 5 heteroatoms. The molecule has 0 bridgehead atoms. The van der Waals surface area contributed by atoms with E-state index in [2.05, 4.69) is 0 Å². The summed E-state index contributed by atoms with van der Waals surface area (Å²) in [5, 5.41) is 13.5. The summed E-state index contributed by atoms with van der Waals surface area (Å²) in [7, 11) is 0. The molecule has 0 heterocycles. The van der Waals surface area contributed by atoms with Crippen LogP contribution in [0.5, 0.6) is 0 Å². The summed E-state index contributed by atoms with van der Waals surface area (Å²) in [6, 6.07) is 0. The Labute approximate surface area is 50.1 Å².